The van der Waals surface area contributed by atoms with Crippen LogP contribution in [0.1, 0.15) is 32.1 Å². The third-order valence-corrected chi connectivity index (χ3v) is 4.73. The van der Waals surface area contributed by atoms with E-state index in [4.69, 9.17) is 16.3 Å². The second-order valence-corrected chi connectivity index (χ2v) is 6.62. The topological polar surface area (TPSA) is 51.5 Å². The molecule has 0 unspecified atom stereocenters. The number of ether oxygens (including phenoxy) is 1. The minimum Gasteiger partial charge on any atom is -0.488 e. The van der Waals surface area contributed by atoms with Gasteiger partial charge >= 0.3 is 0 Å². The highest BCUT2D eigenvalue weighted by Crippen LogP contribution is 2.32. The predicted molar refractivity (Wildman–Crippen MR) is 95.2 cm³/mol. The summed E-state index contributed by atoms with van der Waals surface area (Å²) in [5, 5.41) is 7.46. The van der Waals surface area contributed by atoms with Crippen LogP contribution < -0.4 is 10.1 Å². The lowest BCUT2D eigenvalue weighted by Crippen LogP contribution is -2.19. The SMILES string of the molecule is Fc1ccc(Nc2ncnn3ccc(OC4CCCCC4)c23)cc1Cl. The van der Waals surface area contributed by atoms with Crippen LogP contribution in [0.5, 0.6) is 5.75 Å². The van der Waals surface area contributed by atoms with Crippen molar-refractivity contribution in [3.05, 3.63) is 47.6 Å². The van der Waals surface area contributed by atoms with E-state index in [1.54, 1.807) is 10.6 Å². The van der Waals surface area contributed by atoms with Crippen LogP contribution in [0.25, 0.3) is 5.52 Å². The first-order valence-corrected chi connectivity index (χ1v) is 8.79. The van der Waals surface area contributed by atoms with Gasteiger partial charge in [-0.3, -0.25) is 0 Å². The van der Waals surface area contributed by atoms with Crippen LogP contribution in [0.2, 0.25) is 5.02 Å². The van der Waals surface area contributed by atoms with Gasteiger partial charge in [-0.2, -0.15) is 5.10 Å². The molecule has 0 radical (unpaired) electrons. The largest absolute Gasteiger partial charge is 0.488 e. The van der Waals surface area contributed by atoms with Gasteiger partial charge in [0.25, 0.3) is 0 Å². The van der Waals surface area contributed by atoms with Crippen LogP contribution in [-0.4, -0.2) is 20.7 Å². The Labute approximate surface area is 149 Å². The van der Waals surface area contributed by atoms with Crippen molar-refractivity contribution in [1.29, 1.82) is 0 Å². The number of hydrogen-bond donors (Lipinski definition) is 1. The van der Waals surface area contributed by atoms with E-state index in [1.807, 2.05) is 12.3 Å². The number of anilines is 2. The average Bonchev–Trinajstić information content (AvgIpc) is 3.03. The first-order valence-electron chi connectivity index (χ1n) is 8.42. The molecule has 4 rings (SSSR count). The van der Waals surface area contributed by atoms with Crippen molar-refractivity contribution >= 4 is 28.6 Å². The molecule has 1 aliphatic rings. The first-order chi connectivity index (χ1) is 12.2. The van der Waals surface area contributed by atoms with Gasteiger partial charge in [-0.25, -0.2) is 13.9 Å². The summed E-state index contributed by atoms with van der Waals surface area (Å²) in [7, 11) is 0. The molecule has 5 nitrogen and oxygen atoms in total. The Bertz CT molecular complexity index is 892. The fourth-order valence-corrected chi connectivity index (χ4v) is 3.37. The number of aromatic nitrogens is 3. The molecule has 25 heavy (non-hydrogen) atoms. The summed E-state index contributed by atoms with van der Waals surface area (Å²) >= 11 is 5.86. The van der Waals surface area contributed by atoms with Crippen LogP contribution in [0.4, 0.5) is 15.9 Å². The van der Waals surface area contributed by atoms with Gasteiger partial charge in [0.05, 0.1) is 11.1 Å². The summed E-state index contributed by atoms with van der Waals surface area (Å²) in [6.45, 7) is 0. The maximum Gasteiger partial charge on any atom is 0.162 e. The third-order valence-electron chi connectivity index (χ3n) is 4.44. The van der Waals surface area contributed by atoms with Gasteiger partial charge < -0.3 is 10.1 Å². The Morgan fingerprint density at radius 2 is 2.04 bits per heavy atom. The van der Waals surface area contributed by atoms with Crippen LogP contribution >= 0.6 is 11.6 Å². The summed E-state index contributed by atoms with van der Waals surface area (Å²) in [5.74, 6) is 0.890. The van der Waals surface area contributed by atoms with Crippen molar-refractivity contribution in [3.63, 3.8) is 0 Å². The molecule has 1 aromatic carbocycles. The van der Waals surface area contributed by atoms with Gasteiger partial charge in [-0.05, 0) is 43.9 Å². The Kier molecular flexibility index (Phi) is 4.44. The Morgan fingerprint density at radius 3 is 2.84 bits per heavy atom. The average molecular weight is 361 g/mol. The Balaban J connectivity index is 1.65. The monoisotopic (exact) mass is 360 g/mol. The van der Waals surface area contributed by atoms with Gasteiger partial charge in [-0.15, -0.1) is 0 Å². The van der Waals surface area contributed by atoms with Crippen LogP contribution in [0, 0.1) is 5.82 Å². The molecule has 3 aromatic rings. The molecule has 1 N–H and O–H groups in total. The summed E-state index contributed by atoms with van der Waals surface area (Å²) in [6, 6.07) is 6.37. The number of hydrogen-bond acceptors (Lipinski definition) is 4. The first kappa shape index (κ1) is 16.1. The molecule has 0 bridgehead atoms. The highest BCUT2D eigenvalue weighted by Gasteiger charge is 2.19. The molecule has 1 fully saturated rings. The van der Waals surface area contributed by atoms with Crippen LogP contribution in [0.3, 0.4) is 0 Å². The summed E-state index contributed by atoms with van der Waals surface area (Å²) < 4.78 is 21.3. The smallest absolute Gasteiger partial charge is 0.162 e. The lowest BCUT2D eigenvalue weighted by Gasteiger charge is -2.22. The molecule has 2 heterocycles. The number of benzene rings is 1. The summed E-state index contributed by atoms with van der Waals surface area (Å²) in [5.41, 5.74) is 1.41. The zero-order chi connectivity index (χ0) is 17.2. The number of nitrogens with zero attached hydrogens (tertiary/aromatic N) is 3. The predicted octanol–water partition coefficient (Wildman–Crippen LogP) is 4.98. The van der Waals surface area contributed by atoms with E-state index < -0.39 is 5.82 Å². The van der Waals surface area contributed by atoms with E-state index in [1.165, 1.54) is 37.7 Å². The second-order valence-electron chi connectivity index (χ2n) is 6.21. The Hall–Kier alpha value is -2.34. The lowest BCUT2D eigenvalue weighted by atomic mass is 9.98. The maximum atomic E-state index is 13.4. The molecule has 0 saturated heterocycles. The third kappa shape index (κ3) is 3.39. The number of halogens is 2. The zero-order valence-electron chi connectivity index (χ0n) is 13.6. The molecular weight excluding hydrogens is 343 g/mol. The molecule has 0 atom stereocenters. The van der Waals surface area contributed by atoms with E-state index in [2.05, 4.69) is 15.4 Å². The van der Waals surface area contributed by atoms with Crippen molar-refractivity contribution in [1.82, 2.24) is 14.6 Å². The lowest BCUT2D eigenvalue weighted by molar-refractivity contribution is 0.157. The van der Waals surface area contributed by atoms with Crippen molar-refractivity contribution in [2.45, 2.75) is 38.2 Å². The highest BCUT2D eigenvalue weighted by atomic mass is 35.5. The van der Waals surface area contributed by atoms with Gasteiger partial charge in [-0.1, -0.05) is 18.0 Å². The van der Waals surface area contributed by atoms with Gasteiger partial charge in [0, 0.05) is 18.0 Å². The molecular formula is C18H18ClFN4O. The zero-order valence-corrected chi connectivity index (χ0v) is 14.3. The van der Waals surface area contributed by atoms with Gasteiger partial charge in [0.1, 0.15) is 17.7 Å². The molecule has 130 valence electrons. The molecule has 1 aliphatic carbocycles. The van der Waals surface area contributed by atoms with E-state index in [0.717, 1.165) is 24.1 Å². The standard InChI is InChI=1S/C18H18ClFN4O/c19-14-10-12(6-7-15(14)20)23-18-17-16(8-9-24(17)22-11-21-18)25-13-4-2-1-3-5-13/h6-11,13H,1-5H2,(H,21,22,23). The van der Waals surface area contributed by atoms with E-state index in [-0.39, 0.29) is 11.1 Å². The van der Waals surface area contributed by atoms with Crippen LogP contribution in [0.15, 0.2) is 36.8 Å². The van der Waals surface area contributed by atoms with E-state index in [9.17, 15) is 4.39 Å². The minimum atomic E-state index is -0.455. The minimum absolute atomic E-state index is 0.0594. The fraction of sp³-hybridized carbons (Fsp3) is 0.333. The second kappa shape index (κ2) is 6.88. The van der Waals surface area contributed by atoms with Crippen molar-refractivity contribution in [3.8, 4) is 5.75 Å². The number of nitrogens with one attached hydrogen (secondary N) is 1. The summed E-state index contributed by atoms with van der Waals surface area (Å²) in [6.07, 6.45) is 9.36. The maximum absolute atomic E-state index is 13.4. The quantitative estimate of drug-likeness (QED) is 0.713. The molecule has 0 spiro atoms. The van der Waals surface area contributed by atoms with E-state index >= 15 is 0 Å². The molecule has 1 saturated carbocycles. The number of fused-ring (bicyclic) bond motifs is 1. The molecule has 0 amide bonds. The van der Waals surface area contributed by atoms with E-state index in [0.29, 0.717) is 11.5 Å². The molecule has 7 heteroatoms. The van der Waals surface area contributed by atoms with Crippen molar-refractivity contribution in [2.24, 2.45) is 0 Å². The van der Waals surface area contributed by atoms with Gasteiger partial charge in [0.15, 0.2) is 11.6 Å². The Morgan fingerprint density at radius 1 is 1.20 bits per heavy atom. The van der Waals surface area contributed by atoms with Crippen molar-refractivity contribution < 1.29 is 9.13 Å². The fourth-order valence-electron chi connectivity index (χ4n) is 3.19. The molecule has 0 aliphatic heterocycles. The van der Waals surface area contributed by atoms with Crippen molar-refractivity contribution in [2.75, 3.05) is 5.32 Å². The highest BCUT2D eigenvalue weighted by molar-refractivity contribution is 6.31. The normalized spacial score (nSPS) is 15.4. The van der Waals surface area contributed by atoms with Crippen LogP contribution in [-0.2, 0) is 0 Å². The number of rotatable bonds is 4. The molecule has 2 aromatic heterocycles. The van der Waals surface area contributed by atoms with Gasteiger partial charge in [0.2, 0.25) is 0 Å². The summed E-state index contributed by atoms with van der Waals surface area (Å²) in [4.78, 5) is 4.32.